The molecule has 0 fully saturated rings. The number of methoxy groups -OCH3 is 1. The second kappa shape index (κ2) is 6.91. The van der Waals surface area contributed by atoms with E-state index in [0.29, 0.717) is 0 Å². The first-order valence-corrected chi connectivity index (χ1v) is 8.02. The van der Waals surface area contributed by atoms with Crippen molar-refractivity contribution in [2.75, 3.05) is 7.11 Å². The van der Waals surface area contributed by atoms with Crippen molar-refractivity contribution >= 4 is 31.2 Å². The van der Waals surface area contributed by atoms with E-state index in [-0.39, 0.29) is 6.10 Å². The smallest absolute Gasteiger partial charge is 0.102 e. The van der Waals surface area contributed by atoms with Gasteiger partial charge in [0.05, 0.1) is 0 Å². The van der Waals surface area contributed by atoms with Crippen molar-refractivity contribution in [1.29, 1.82) is 0 Å². The van der Waals surface area contributed by atoms with Crippen LogP contribution in [0.15, 0.2) is 78.9 Å². The van der Waals surface area contributed by atoms with Crippen LogP contribution >= 0.6 is 15.9 Å². The minimum absolute atomic E-state index is 0.0966. The summed E-state index contributed by atoms with van der Waals surface area (Å²) in [6.45, 7) is 0. The highest BCUT2D eigenvalue weighted by Crippen LogP contribution is 2.31. The van der Waals surface area contributed by atoms with Crippen LogP contribution in [0, 0.1) is 0 Å². The molecule has 3 rings (SSSR count). The first kappa shape index (κ1) is 15.0. The van der Waals surface area contributed by atoms with Crippen LogP contribution in [0.2, 0.25) is 0 Å². The van der Waals surface area contributed by atoms with Gasteiger partial charge < -0.3 is 4.74 Å². The molecule has 0 N–H and O–H groups in total. The molecule has 0 aliphatic rings. The lowest BCUT2D eigenvalue weighted by Gasteiger charge is -2.15. The Hall–Kier alpha value is -1.90. The van der Waals surface area contributed by atoms with E-state index < -0.39 is 0 Å². The van der Waals surface area contributed by atoms with Crippen molar-refractivity contribution in [3.8, 4) is 0 Å². The number of fused-ring (bicyclic) bond motifs is 1. The zero-order chi connectivity index (χ0) is 15.4. The third kappa shape index (κ3) is 3.13. The van der Waals surface area contributed by atoms with Gasteiger partial charge in [0.15, 0.2) is 0 Å². The zero-order valence-electron chi connectivity index (χ0n) is 12.4. The first-order chi connectivity index (χ1) is 10.8. The van der Waals surface area contributed by atoms with E-state index >= 15 is 0 Å². The van der Waals surface area contributed by atoms with Crippen molar-refractivity contribution < 1.29 is 4.74 Å². The lowest BCUT2D eigenvalue weighted by molar-refractivity contribution is 0.144. The van der Waals surface area contributed by atoms with Crippen LogP contribution < -0.4 is 0 Å². The number of benzene rings is 3. The second-order valence-corrected chi connectivity index (χ2v) is 5.96. The highest BCUT2D eigenvalue weighted by atomic mass is 79.9. The molecule has 1 nitrogen and oxygen atoms in total. The number of hydrogen-bond acceptors (Lipinski definition) is 1. The van der Waals surface area contributed by atoms with Gasteiger partial charge in [-0.15, -0.1) is 0 Å². The number of halogens is 1. The summed E-state index contributed by atoms with van der Waals surface area (Å²) in [5.41, 5.74) is 2.32. The molecule has 0 aliphatic heterocycles. The molecule has 1 unspecified atom stereocenters. The molecule has 0 radical (unpaired) electrons. The standard InChI is InChI=1S/C20H17BrO/c1-22-20(14-19(21)16-9-3-2-4-10-16)18-13-7-11-15-8-5-6-12-17(15)18/h2-14,20H,1H3/b19-14+. The SMILES string of the molecule is COC(/C=C(/Br)c1ccccc1)c1cccc2ccccc12. The molecule has 3 aromatic rings. The Bertz CT molecular complexity index is 788. The van der Waals surface area contributed by atoms with Gasteiger partial charge in [0.25, 0.3) is 0 Å². The Morgan fingerprint density at radius 2 is 1.59 bits per heavy atom. The Morgan fingerprint density at radius 1 is 0.909 bits per heavy atom. The Morgan fingerprint density at radius 3 is 2.36 bits per heavy atom. The maximum atomic E-state index is 5.73. The van der Waals surface area contributed by atoms with Gasteiger partial charge in [0, 0.05) is 11.6 Å². The summed E-state index contributed by atoms with van der Waals surface area (Å²) in [5, 5.41) is 2.45. The van der Waals surface area contributed by atoms with E-state index in [1.807, 2.05) is 18.2 Å². The van der Waals surface area contributed by atoms with Crippen molar-refractivity contribution in [1.82, 2.24) is 0 Å². The van der Waals surface area contributed by atoms with E-state index in [1.54, 1.807) is 7.11 Å². The van der Waals surface area contributed by atoms with E-state index in [0.717, 1.165) is 10.0 Å². The van der Waals surface area contributed by atoms with Crippen LogP contribution in [0.25, 0.3) is 15.3 Å². The number of rotatable bonds is 4. The summed E-state index contributed by atoms with van der Waals surface area (Å²) in [6.07, 6.45) is 2.01. The Balaban J connectivity index is 2.04. The van der Waals surface area contributed by atoms with Gasteiger partial charge in [-0.25, -0.2) is 0 Å². The molecule has 0 spiro atoms. The molecular weight excluding hydrogens is 336 g/mol. The molecule has 0 bridgehead atoms. The number of ether oxygens (including phenoxy) is 1. The highest BCUT2D eigenvalue weighted by molar-refractivity contribution is 9.15. The summed E-state index contributed by atoms with van der Waals surface area (Å²) in [7, 11) is 1.74. The third-order valence-electron chi connectivity index (χ3n) is 3.73. The predicted molar refractivity (Wildman–Crippen MR) is 97.0 cm³/mol. The van der Waals surface area contributed by atoms with Crippen molar-refractivity contribution in [2.45, 2.75) is 6.10 Å². The normalized spacial score (nSPS) is 13.3. The summed E-state index contributed by atoms with van der Waals surface area (Å²) in [5.74, 6) is 0. The Kier molecular flexibility index (Phi) is 4.71. The molecule has 0 saturated heterocycles. The van der Waals surface area contributed by atoms with Crippen molar-refractivity contribution in [3.05, 3.63) is 90.0 Å². The van der Waals surface area contributed by atoms with Crippen molar-refractivity contribution in [2.24, 2.45) is 0 Å². The maximum absolute atomic E-state index is 5.73. The molecule has 0 saturated carbocycles. The van der Waals surface area contributed by atoms with Gasteiger partial charge in [0.1, 0.15) is 6.10 Å². The molecule has 0 heterocycles. The van der Waals surface area contributed by atoms with Crippen LogP contribution in [-0.4, -0.2) is 7.11 Å². The molecule has 2 heteroatoms. The molecule has 0 amide bonds. The quantitative estimate of drug-likeness (QED) is 0.562. The largest absolute Gasteiger partial charge is 0.373 e. The second-order valence-electron chi connectivity index (χ2n) is 5.11. The lowest BCUT2D eigenvalue weighted by atomic mass is 9.99. The van der Waals surface area contributed by atoms with Crippen LogP contribution in [-0.2, 0) is 4.74 Å². The molecule has 3 aromatic carbocycles. The maximum Gasteiger partial charge on any atom is 0.102 e. The van der Waals surface area contributed by atoms with Gasteiger partial charge in [-0.3, -0.25) is 0 Å². The van der Waals surface area contributed by atoms with Crippen molar-refractivity contribution in [3.63, 3.8) is 0 Å². The third-order valence-corrected chi connectivity index (χ3v) is 4.45. The summed E-state index contributed by atoms with van der Waals surface area (Å²) in [4.78, 5) is 0. The van der Waals surface area contributed by atoms with E-state index in [9.17, 15) is 0 Å². The van der Waals surface area contributed by atoms with Gasteiger partial charge in [-0.05, 0) is 28.0 Å². The predicted octanol–water partition coefficient (Wildman–Crippen LogP) is 5.96. The average Bonchev–Trinajstić information content (AvgIpc) is 2.60. The van der Waals surface area contributed by atoms with E-state index in [2.05, 4.69) is 76.6 Å². The van der Waals surface area contributed by atoms with Gasteiger partial charge >= 0.3 is 0 Å². The van der Waals surface area contributed by atoms with Gasteiger partial charge in [-0.2, -0.15) is 0 Å². The fraction of sp³-hybridized carbons (Fsp3) is 0.100. The van der Waals surface area contributed by atoms with Gasteiger partial charge in [-0.1, -0.05) is 88.7 Å². The van der Waals surface area contributed by atoms with Gasteiger partial charge in [0.2, 0.25) is 0 Å². The minimum atomic E-state index is -0.0966. The minimum Gasteiger partial charge on any atom is -0.373 e. The van der Waals surface area contributed by atoms with Crippen LogP contribution in [0.5, 0.6) is 0 Å². The molecule has 110 valence electrons. The molecule has 22 heavy (non-hydrogen) atoms. The highest BCUT2D eigenvalue weighted by Gasteiger charge is 2.12. The van der Waals surface area contributed by atoms with Crippen LogP contribution in [0.3, 0.4) is 0 Å². The fourth-order valence-electron chi connectivity index (χ4n) is 2.61. The first-order valence-electron chi connectivity index (χ1n) is 7.23. The lowest BCUT2D eigenvalue weighted by Crippen LogP contribution is -1.99. The van der Waals surface area contributed by atoms with E-state index in [4.69, 9.17) is 4.74 Å². The topological polar surface area (TPSA) is 9.23 Å². The molecule has 0 aromatic heterocycles. The molecule has 1 atom stereocenters. The Labute approximate surface area is 139 Å². The monoisotopic (exact) mass is 352 g/mol. The molecular formula is C20H17BrO. The summed E-state index contributed by atoms with van der Waals surface area (Å²) < 4.78 is 6.77. The van der Waals surface area contributed by atoms with Crippen LogP contribution in [0.4, 0.5) is 0 Å². The van der Waals surface area contributed by atoms with Crippen LogP contribution in [0.1, 0.15) is 17.2 Å². The zero-order valence-corrected chi connectivity index (χ0v) is 14.0. The number of hydrogen-bond donors (Lipinski definition) is 0. The fourth-order valence-corrected chi connectivity index (χ4v) is 3.11. The summed E-state index contributed by atoms with van der Waals surface area (Å²) >= 11 is 3.67. The summed E-state index contributed by atoms with van der Waals surface area (Å²) in [6, 6.07) is 25.0. The average molecular weight is 353 g/mol. The molecule has 0 aliphatic carbocycles. The van der Waals surface area contributed by atoms with E-state index in [1.165, 1.54) is 16.3 Å².